The number of imidazole rings is 1. The number of methoxy groups -OCH3 is 3. The second kappa shape index (κ2) is 12.3. The van der Waals surface area contributed by atoms with Gasteiger partial charge in [-0.2, -0.15) is 0 Å². The highest BCUT2D eigenvalue weighted by Crippen LogP contribution is 2.48. The molecule has 7 rings (SSSR count). The minimum atomic E-state index is -0.300. The molecule has 1 N–H and O–H groups in total. The number of rotatable bonds is 8. The minimum Gasteiger partial charge on any atom is -0.496 e. The van der Waals surface area contributed by atoms with Gasteiger partial charge in [-0.3, -0.25) is 14.2 Å². The smallest absolute Gasteiger partial charge is 0.247 e. The predicted octanol–water partition coefficient (Wildman–Crippen LogP) is 7.29. The number of halogens is 2. The van der Waals surface area contributed by atoms with Gasteiger partial charge in [-0.25, -0.2) is 4.98 Å². The molecule has 12 heteroatoms. The van der Waals surface area contributed by atoms with Gasteiger partial charge >= 0.3 is 0 Å². The number of hydrogen-bond acceptors (Lipinski definition) is 8. The average molecular weight is 675 g/mol. The molecule has 5 aromatic rings. The first-order valence-corrected chi connectivity index (χ1v) is 15.9. The van der Waals surface area contributed by atoms with Crippen LogP contribution in [0.4, 0.5) is 11.4 Å². The lowest BCUT2D eigenvalue weighted by atomic mass is 9.87. The molecule has 0 bridgehead atoms. The van der Waals surface area contributed by atoms with Crippen LogP contribution in [0.25, 0.3) is 38.9 Å². The van der Waals surface area contributed by atoms with Crippen molar-refractivity contribution < 1.29 is 23.7 Å². The summed E-state index contributed by atoms with van der Waals surface area (Å²) in [5.74, 6) is 1.19. The van der Waals surface area contributed by atoms with E-state index < -0.39 is 0 Å². The van der Waals surface area contributed by atoms with E-state index in [1.54, 1.807) is 25.6 Å². The predicted molar refractivity (Wildman–Crippen MR) is 185 cm³/mol. The Hall–Kier alpha value is -4.51. The van der Waals surface area contributed by atoms with Gasteiger partial charge in [0.15, 0.2) is 0 Å². The highest BCUT2D eigenvalue weighted by atomic mass is 35.5. The molecule has 0 radical (unpaired) electrons. The van der Waals surface area contributed by atoms with E-state index in [0.717, 1.165) is 61.3 Å². The van der Waals surface area contributed by atoms with Crippen molar-refractivity contribution in [3.63, 3.8) is 0 Å². The maximum atomic E-state index is 12.6. The molecule has 1 amide bonds. The molecule has 1 spiro atoms. The number of anilines is 2. The van der Waals surface area contributed by atoms with Gasteiger partial charge in [-0.05, 0) is 37.1 Å². The maximum Gasteiger partial charge on any atom is 0.247 e. The molecule has 2 saturated heterocycles. The van der Waals surface area contributed by atoms with Crippen LogP contribution in [0, 0.1) is 5.41 Å². The lowest BCUT2D eigenvalue weighted by Gasteiger charge is -2.26. The fourth-order valence-electron chi connectivity index (χ4n) is 6.74. The molecule has 1 atom stereocenters. The van der Waals surface area contributed by atoms with Crippen LogP contribution in [0.2, 0.25) is 10.0 Å². The number of carbonyl (C=O) groups is 1. The summed E-state index contributed by atoms with van der Waals surface area (Å²) in [5, 5.41) is 4.53. The number of aromatic nitrogens is 3. The van der Waals surface area contributed by atoms with Crippen molar-refractivity contribution in [2.45, 2.75) is 12.8 Å². The first-order chi connectivity index (χ1) is 22.8. The molecular weight excluding hydrogens is 641 g/mol. The summed E-state index contributed by atoms with van der Waals surface area (Å²) in [4.78, 5) is 24.4. The van der Waals surface area contributed by atoms with Crippen LogP contribution >= 0.6 is 23.2 Å². The largest absolute Gasteiger partial charge is 0.496 e. The maximum absolute atomic E-state index is 12.6. The second-order valence-corrected chi connectivity index (χ2v) is 12.6. The highest BCUT2D eigenvalue weighted by molar-refractivity contribution is 6.41. The Labute approximate surface area is 281 Å². The van der Waals surface area contributed by atoms with E-state index in [9.17, 15) is 4.79 Å². The molecule has 3 aromatic heterocycles. The summed E-state index contributed by atoms with van der Waals surface area (Å²) in [5.41, 5.74) is 5.75. The summed E-state index contributed by atoms with van der Waals surface area (Å²) in [6, 6.07) is 9.47. The Morgan fingerprint density at radius 3 is 2.45 bits per heavy atom. The topological polar surface area (TPSA) is 99.5 Å². The monoisotopic (exact) mass is 673 g/mol. The van der Waals surface area contributed by atoms with E-state index in [1.807, 2.05) is 34.9 Å². The van der Waals surface area contributed by atoms with Crippen LogP contribution in [-0.4, -0.2) is 67.9 Å². The number of amides is 1. The average Bonchev–Trinajstić information content (AvgIpc) is 3.87. The zero-order valence-corrected chi connectivity index (χ0v) is 27.7. The van der Waals surface area contributed by atoms with Crippen LogP contribution in [0.1, 0.15) is 12.8 Å². The van der Waals surface area contributed by atoms with Gasteiger partial charge in [0.2, 0.25) is 5.91 Å². The fraction of sp³-hybridized carbons (Fsp3) is 0.286. The zero-order valence-electron chi connectivity index (χ0n) is 26.2. The summed E-state index contributed by atoms with van der Waals surface area (Å²) in [7, 11) is 4.71. The van der Waals surface area contributed by atoms with E-state index in [-0.39, 0.29) is 11.3 Å². The zero-order chi connectivity index (χ0) is 32.9. The van der Waals surface area contributed by atoms with Crippen molar-refractivity contribution >= 4 is 57.0 Å². The number of pyridine rings is 2. The number of benzene rings is 2. The summed E-state index contributed by atoms with van der Waals surface area (Å²) >= 11 is 13.6. The first-order valence-electron chi connectivity index (χ1n) is 15.1. The molecule has 0 aliphatic carbocycles. The van der Waals surface area contributed by atoms with Gasteiger partial charge in [0.1, 0.15) is 22.9 Å². The molecule has 0 saturated carbocycles. The van der Waals surface area contributed by atoms with Gasteiger partial charge in [-0.15, -0.1) is 0 Å². The van der Waals surface area contributed by atoms with Crippen molar-refractivity contribution in [2.75, 3.05) is 57.8 Å². The Morgan fingerprint density at radius 1 is 1.00 bits per heavy atom. The standard InChI is InChI=1S/C35H33Cl2N5O5/c1-5-30(43)40-24-13-21(27(44-2)15-26(24)41-9-6-35(18-41)7-11-47-19-35)23-14-25-20(17-39-23)12-22(34-38-8-10-42(25)34)31-32(36)28(45-3)16-29(46-4)33(31)37/h5,8,10,12-17H,1,6-7,9,11,18-19H2,2-4H3,(H,40,43). The SMILES string of the molecule is C=CC(=O)Nc1cc(-c2cc3c(cn2)cc(-c2c(Cl)c(OC)cc(OC)c2Cl)c2nccn23)c(OC)cc1N1CCC2(CCOC2)C1. The van der Waals surface area contributed by atoms with Crippen LogP contribution in [0.15, 0.2) is 61.6 Å². The molecule has 1 unspecified atom stereocenters. The molecule has 5 heterocycles. The second-order valence-electron chi connectivity index (χ2n) is 11.8. The Kier molecular flexibility index (Phi) is 8.11. The van der Waals surface area contributed by atoms with Gasteiger partial charge in [0.05, 0.1) is 60.6 Å². The van der Waals surface area contributed by atoms with Crippen molar-refractivity contribution in [3.8, 4) is 39.6 Å². The van der Waals surface area contributed by atoms with Gasteiger partial charge in [0.25, 0.3) is 0 Å². The van der Waals surface area contributed by atoms with E-state index in [2.05, 4.69) is 21.8 Å². The summed E-state index contributed by atoms with van der Waals surface area (Å²) < 4.78 is 24.7. The molecule has 2 aliphatic rings. The van der Waals surface area contributed by atoms with Crippen LogP contribution < -0.4 is 24.4 Å². The molecule has 2 aromatic carbocycles. The van der Waals surface area contributed by atoms with Crippen LogP contribution in [-0.2, 0) is 9.53 Å². The summed E-state index contributed by atoms with van der Waals surface area (Å²) in [6.45, 7) is 6.88. The number of fused-ring (bicyclic) bond motifs is 3. The number of nitrogens with zero attached hydrogens (tertiary/aromatic N) is 4. The van der Waals surface area contributed by atoms with Crippen molar-refractivity contribution in [1.29, 1.82) is 0 Å². The summed E-state index contributed by atoms with van der Waals surface area (Å²) in [6.07, 6.45) is 8.70. The van der Waals surface area contributed by atoms with Gasteiger partial charge < -0.3 is 29.2 Å². The van der Waals surface area contributed by atoms with Crippen molar-refractivity contribution in [1.82, 2.24) is 14.4 Å². The third-order valence-corrected chi connectivity index (χ3v) is 9.95. The Balaban J connectivity index is 1.37. The normalized spacial score (nSPS) is 17.5. The molecule has 10 nitrogen and oxygen atoms in total. The lowest BCUT2D eigenvalue weighted by molar-refractivity contribution is -0.111. The number of ether oxygens (including phenoxy) is 4. The van der Waals surface area contributed by atoms with E-state index in [4.69, 9.17) is 47.1 Å². The molecule has 242 valence electrons. The molecule has 2 aliphatic heterocycles. The fourth-order valence-corrected chi connectivity index (χ4v) is 7.45. The van der Waals surface area contributed by atoms with Crippen molar-refractivity contribution in [3.05, 3.63) is 71.6 Å². The van der Waals surface area contributed by atoms with Crippen LogP contribution in [0.3, 0.4) is 0 Å². The molecule has 47 heavy (non-hydrogen) atoms. The van der Waals surface area contributed by atoms with E-state index in [0.29, 0.717) is 55.4 Å². The third kappa shape index (κ3) is 5.30. The minimum absolute atomic E-state index is 0.130. The van der Waals surface area contributed by atoms with Gasteiger partial charge in [0, 0.05) is 77.9 Å². The van der Waals surface area contributed by atoms with E-state index >= 15 is 0 Å². The quantitative estimate of drug-likeness (QED) is 0.172. The lowest BCUT2D eigenvalue weighted by Crippen LogP contribution is -2.28. The highest BCUT2D eigenvalue weighted by Gasteiger charge is 2.42. The molecule has 2 fully saturated rings. The van der Waals surface area contributed by atoms with Gasteiger partial charge in [-0.1, -0.05) is 29.8 Å². The Morgan fingerprint density at radius 2 is 1.77 bits per heavy atom. The first kappa shape index (κ1) is 31.1. The third-order valence-electron chi connectivity index (χ3n) is 9.20. The van der Waals surface area contributed by atoms with Crippen LogP contribution in [0.5, 0.6) is 17.2 Å². The molecular formula is C35H33Cl2N5O5. The van der Waals surface area contributed by atoms with Crippen molar-refractivity contribution in [2.24, 2.45) is 5.41 Å². The number of nitrogens with one attached hydrogen (secondary N) is 1. The van der Waals surface area contributed by atoms with E-state index in [1.165, 1.54) is 20.3 Å². The number of carbonyl (C=O) groups excluding carboxylic acids is 1. The Bertz CT molecular complexity index is 2030. The number of hydrogen-bond donors (Lipinski definition) is 1.